The van der Waals surface area contributed by atoms with Crippen LogP contribution >= 0.6 is 0 Å². The van der Waals surface area contributed by atoms with E-state index in [-0.39, 0.29) is 11.3 Å². The monoisotopic (exact) mass is 207 g/mol. The lowest BCUT2D eigenvalue weighted by atomic mass is 9.74. The third-order valence-electron chi connectivity index (χ3n) is 3.87. The Hall–Kier alpha value is -1.32. The van der Waals surface area contributed by atoms with Crippen LogP contribution in [0.3, 0.4) is 0 Å². The molecule has 1 heterocycles. The Labute approximate surface area is 87.3 Å². The average molecular weight is 207 g/mol. The van der Waals surface area contributed by atoms with Crippen molar-refractivity contribution in [1.82, 2.24) is 5.16 Å². The third kappa shape index (κ3) is 1.07. The van der Waals surface area contributed by atoms with E-state index in [9.17, 15) is 9.90 Å². The number of carbonyl (C=O) groups is 1. The van der Waals surface area contributed by atoms with Crippen molar-refractivity contribution >= 4 is 5.97 Å². The van der Waals surface area contributed by atoms with Crippen LogP contribution in [0.1, 0.15) is 42.2 Å². The summed E-state index contributed by atoms with van der Waals surface area (Å²) < 4.78 is 5.17. The van der Waals surface area contributed by atoms with Crippen LogP contribution in [0.2, 0.25) is 0 Å². The molecule has 1 fully saturated rings. The van der Waals surface area contributed by atoms with Crippen LogP contribution in [0.15, 0.2) is 4.52 Å². The van der Waals surface area contributed by atoms with Crippen molar-refractivity contribution in [1.29, 1.82) is 0 Å². The van der Waals surface area contributed by atoms with Gasteiger partial charge in [-0.1, -0.05) is 5.16 Å². The van der Waals surface area contributed by atoms with E-state index in [1.807, 2.05) is 6.92 Å². The van der Waals surface area contributed by atoms with Crippen LogP contribution in [0.5, 0.6) is 0 Å². The van der Waals surface area contributed by atoms with Crippen molar-refractivity contribution in [2.24, 2.45) is 5.41 Å². The van der Waals surface area contributed by atoms with Crippen LogP contribution in [-0.4, -0.2) is 16.2 Å². The molecule has 1 spiro atoms. The lowest BCUT2D eigenvalue weighted by molar-refractivity contribution is -0.141. The minimum atomic E-state index is -0.722. The van der Waals surface area contributed by atoms with E-state index in [4.69, 9.17) is 4.52 Å². The second kappa shape index (κ2) is 2.62. The predicted octanol–water partition coefficient (Wildman–Crippen LogP) is 1.88. The standard InChI is InChI=1S/C11H13NO3/c1-6-8-7(15-12-6)2-3-11(4-5-11)9(8)10(13)14/h9H,2-5H2,1H3,(H,13,14). The first kappa shape index (κ1) is 8.95. The van der Waals surface area contributed by atoms with E-state index in [1.165, 1.54) is 0 Å². The van der Waals surface area contributed by atoms with Crippen molar-refractivity contribution in [3.63, 3.8) is 0 Å². The fourth-order valence-electron chi connectivity index (χ4n) is 2.87. The molecular formula is C11H13NO3. The van der Waals surface area contributed by atoms with Crippen LogP contribution in [0.25, 0.3) is 0 Å². The number of carboxylic acid groups (broad SMARTS) is 1. The van der Waals surface area contributed by atoms with Crippen LogP contribution in [0.4, 0.5) is 0 Å². The number of aryl methyl sites for hydroxylation is 2. The molecule has 15 heavy (non-hydrogen) atoms. The van der Waals surface area contributed by atoms with E-state index < -0.39 is 5.97 Å². The Balaban J connectivity index is 2.14. The molecule has 1 saturated carbocycles. The normalized spacial score (nSPS) is 26.3. The molecule has 0 radical (unpaired) electrons. The molecule has 4 nitrogen and oxygen atoms in total. The average Bonchev–Trinajstić information content (AvgIpc) is 2.85. The minimum Gasteiger partial charge on any atom is -0.481 e. The second-order valence-electron chi connectivity index (χ2n) is 4.74. The zero-order chi connectivity index (χ0) is 10.6. The molecule has 2 aliphatic carbocycles. The van der Waals surface area contributed by atoms with Gasteiger partial charge in [-0.15, -0.1) is 0 Å². The molecule has 0 aliphatic heterocycles. The minimum absolute atomic E-state index is 0.0230. The molecule has 2 aliphatic rings. The Morgan fingerprint density at radius 3 is 2.87 bits per heavy atom. The lowest BCUT2D eigenvalue weighted by Gasteiger charge is -2.27. The maximum Gasteiger partial charge on any atom is 0.311 e. The van der Waals surface area contributed by atoms with Gasteiger partial charge < -0.3 is 9.63 Å². The topological polar surface area (TPSA) is 63.3 Å². The summed E-state index contributed by atoms with van der Waals surface area (Å²) in [5.74, 6) is -0.315. The molecule has 0 amide bonds. The number of hydrogen-bond acceptors (Lipinski definition) is 3. The summed E-state index contributed by atoms with van der Waals surface area (Å²) in [7, 11) is 0. The van der Waals surface area contributed by atoms with Gasteiger partial charge in [0, 0.05) is 12.0 Å². The third-order valence-corrected chi connectivity index (χ3v) is 3.87. The lowest BCUT2D eigenvalue weighted by Crippen LogP contribution is -2.28. The summed E-state index contributed by atoms with van der Waals surface area (Å²) >= 11 is 0. The SMILES string of the molecule is Cc1noc2c1C(C(=O)O)C1(CC2)CC1. The van der Waals surface area contributed by atoms with Gasteiger partial charge in [-0.2, -0.15) is 0 Å². The van der Waals surface area contributed by atoms with Crippen molar-refractivity contribution in [2.75, 3.05) is 0 Å². The maximum absolute atomic E-state index is 11.4. The zero-order valence-electron chi connectivity index (χ0n) is 8.62. The molecule has 1 aromatic rings. The van der Waals surface area contributed by atoms with Gasteiger partial charge in [0.25, 0.3) is 0 Å². The van der Waals surface area contributed by atoms with E-state index in [2.05, 4.69) is 5.16 Å². The number of aromatic nitrogens is 1. The van der Waals surface area contributed by atoms with Crippen molar-refractivity contribution in [3.8, 4) is 0 Å². The van der Waals surface area contributed by atoms with Gasteiger partial charge in [0.15, 0.2) is 0 Å². The fourth-order valence-corrected chi connectivity index (χ4v) is 2.87. The van der Waals surface area contributed by atoms with Gasteiger partial charge in [0.1, 0.15) is 5.76 Å². The number of hydrogen-bond donors (Lipinski definition) is 1. The van der Waals surface area contributed by atoms with Crippen molar-refractivity contribution in [3.05, 3.63) is 17.0 Å². The number of nitrogens with zero attached hydrogens (tertiary/aromatic N) is 1. The molecule has 3 rings (SSSR count). The summed E-state index contributed by atoms with van der Waals surface area (Å²) in [6.45, 7) is 1.83. The van der Waals surface area contributed by atoms with Crippen molar-refractivity contribution < 1.29 is 14.4 Å². The van der Waals surface area contributed by atoms with E-state index in [1.54, 1.807) is 0 Å². The Bertz CT molecular complexity index is 431. The number of fused-ring (bicyclic) bond motifs is 1. The molecule has 0 aromatic carbocycles. The quantitative estimate of drug-likeness (QED) is 0.763. The van der Waals surface area contributed by atoms with Crippen LogP contribution in [0, 0.1) is 12.3 Å². The molecule has 1 unspecified atom stereocenters. The number of aliphatic carboxylic acids is 1. The molecule has 80 valence electrons. The first-order valence-electron chi connectivity index (χ1n) is 5.32. The van der Waals surface area contributed by atoms with Gasteiger partial charge in [-0.25, -0.2) is 0 Å². The number of carboxylic acids is 1. The molecule has 1 N–H and O–H groups in total. The first-order valence-corrected chi connectivity index (χ1v) is 5.32. The Morgan fingerprint density at radius 1 is 1.53 bits per heavy atom. The predicted molar refractivity (Wildman–Crippen MR) is 51.6 cm³/mol. The first-order chi connectivity index (χ1) is 7.14. The molecule has 4 heteroatoms. The summed E-state index contributed by atoms with van der Waals surface area (Å²) in [5.41, 5.74) is 1.63. The molecule has 1 aromatic heterocycles. The fraction of sp³-hybridized carbons (Fsp3) is 0.636. The Morgan fingerprint density at radius 2 is 2.27 bits per heavy atom. The van der Waals surface area contributed by atoms with Crippen LogP contribution in [-0.2, 0) is 11.2 Å². The van der Waals surface area contributed by atoms with Gasteiger partial charge in [0.05, 0.1) is 11.6 Å². The van der Waals surface area contributed by atoms with E-state index in [0.29, 0.717) is 0 Å². The van der Waals surface area contributed by atoms with Crippen LogP contribution < -0.4 is 0 Å². The van der Waals surface area contributed by atoms with Gasteiger partial charge >= 0.3 is 5.97 Å². The van der Waals surface area contributed by atoms with Gasteiger partial charge in [0.2, 0.25) is 0 Å². The molecule has 0 bridgehead atoms. The largest absolute Gasteiger partial charge is 0.481 e. The van der Waals surface area contributed by atoms with E-state index in [0.717, 1.165) is 42.7 Å². The summed E-state index contributed by atoms with van der Waals surface area (Å²) in [4.78, 5) is 11.4. The van der Waals surface area contributed by atoms with Gasteiger partial charge in [-0.3, -0.25) is 4.79 Å². The number of rotatable bonds is 1. The second-order valence-corrected chi connectivity index (χ2v) is 4.74. The van der Waals surface area contributed by atoms with E-state index >= 15 is 0 Å². The zero-order valence-corrected chi connectivity index (χ0v) is 8.62. The highest BCUT2D eigenvalue weighted by Crippen LogP contribution is 2.62. The summed E-state index contributed by atoms with van der Waals surface area (Å²) in [6.07, 6.45) is 3.85. The smallest absolute Gasteiger partial charge is 0.311 e. The Kier molecular flexibility index (Phi) is 1.56. The maximum atomic E-state index is 11.4. The molecule has 1 atom stereocenters. The highest BCUT2D eigenvalue weighted by atomic mass is 16.5. The highest BCUT2D eigenvalue weighted by molar-refractivity contribution is 5.79. The molecular weight excluding hydrogens is 194 g/mol. The summed E-state index contributed by atoms with van der Waals surface area (Å²) in [5, 5.41) is 13.2. The van der Waals surface area contributed by atoms with Crippen molar-refractivity contribution in [2.45, 2.75) is 38.5 Å². The van der Waals surface area contributed by atoms with Gasteiger partial charge in [-0.05, 0) is 31.6 Å². The summed E-state index contributed by atoms with van der Waals surface area (Å²) in [6, 6.07) is 0. The molecule has 0 saturated heterocycles. The highest BCUT2D eigenvalue weighted by Gasteiger charge is 2.56.